The van der Waals surface area contributed by atoms with Gasteiger partial charge in [-0.1, -0.05) is 30.3 Å². The second-order valence-electron chi connectivity index (χ2n) is 4.88. The second kappa shape index (κ2) is 6.55. The maximum atomic E-state index is 11.4. The number of hydrogen-bond donors (Lipinski definition) is 0. The van der Waals surface area contributed by atoms with E-state index in [9.17, 15) is 4.79 Å². The third-order valence-electron chi connectivity index (χ3n) is 3.38. The highest BCUT2D eigenvalue weighted by Gasteiger charge is 2.24. The Hall–Kier alpha value is -1.35. The Kier molecular flexibility index (Phi) is 4.76. The van der Waals surface area contributed by atoms with Gasteiger partial charge in [-0.05, 0) is 31.4 Å². The van der Waals surface area contributed by atoms with Crippen molar-refractivity contribution in [3.8, 4) is 0 Å². The summed E-state index contributed by atoms with van der Waals surface area (Å²) in [5.74, 6) is 0.414. The van der Waals surface area contributed by atoms with E-state index in [1.165, 1.54) is 5.56 Å². The minimum Gasteiger partial charge on any atom is -0.466 e. The van der Waals surface area contributed by atoms with Crippen LogP contribution in [0.15, 0.2) is 30.3 Å². The number of nitrogens with zero attached hydrogens (tertiary/aromatic N) is 1. The maximum Gasteiger partial charge on any atom is 0.306 e. The van der Waals surface area contributed by atoms with Gasteiger partial charge < -0.3 is 4.74 Å². The molecule has 0 amide bonds. The lowest BCUT2D eigenvalue weighted by molar-refractivity contribution is -0.144. The molecule has 0 spiro atoms. The molecule has 1 aromatic carbocycles. The Balaban J connectivity index is 1.76. The molecule has 1 heterocycles. The third kappa shape index (κ3) is 3.84. The van der Waals surface area contributed by atoms with Crippen LogP contribution in [0.1, 0.15) is 25.3 Å². The molecule has 1 aliphatic heterocycles. The van der Waals surface area contributed by atoms with Crippen molar-refractivity contribution < 1.29 is 9.53 Å². The van der Waals surface area contributed by atoms with E-state index in [0.717, 1.165) is 26.1 Å². The number of carbonyl (C=O) groups is 1. The van der Waals surface area contributed by atoms with Crippen molar-refractivity contribution in [3.63, 3.8) is 0 Å². The molecule has 1 unspecified atom stereocenters. The molecule has 1 aliphatic rings. The lowest BCUT2D eigenvalue weighted by Crippen LogP contribution is -2.21. The van der Waals surface area contributed by atoms with Gasteiger partial charge in [-0.2, -0.15) is 0 Å². The molecule has 0 N–H and O–H groups in total. The zero-order valence-electron chi connectivity index (χ0n) is 11.0. The summed E-state index contributed by atoms with van der Waals surface area (Å²) in [6.07, 6.45) is 1.67. The first kappa shape index (κ1) is 13.1. The summed E-state index contributed by atoms with van der Waals surface area (Å²) in [6, 6.07) is 10.5. The van der Waals surface area contributed by atoms with Gasteiger partial charge in [-0.3, -0.25) is 9.69 Å². The lowest BCUT2D eigenvalue weighted by atomic mass is 10.1. The molecule has 1 atom stereocenters. The summed E-state index contributed by atoms with van der Waals surface area (Å²) in [6.45, 7) is 5.42. The van der Waals surface area contributed by atoms with Crippen LogP contribution in [-0.2, 0) is 16.1 Å². The number of carbonyl (C=O) groups excluding carboxylic acids is 1. The molecular weight excluding hydrogens is 226 g/mol. The summed E-state index contributed by atoms with van der Waals surface area (Å²) in [5, 5.41) is 0. The molecule has 0 saturated carbocycles. The predicted molar refractivity (Wildman–Crippen MR) is 71.1 cm³/mol. The minimum absolute atomic E-state index is 0.0518. The van der Waals surface area contributed by atoms with Gasteiger partial charge in [-0.25, -0.2) is 0 Å². The first-order valence-electron chi connectivity index (χ1n) is 6.70. The fraction of sp³-hybridized carbons (Fsp3) is 0.533. The molecule has 3 heteroatoms. The fourth-order valence-electron chi connectivity index (χ4n) is 2.52. The van der Waals surface area contributed by atoms with E-state index < -0.39 is 0 Å². The van der Waals surface area contributed by atoms with Gasteiger partial charge in [0.1, 0.15) is 0 Å². The zero-order valence-corrected chi connectivity index (χ0v) is 11.0. The van der Waals surface area contributed by atoms with Crippen molar-refractivity contribution in [1.29, 1.82) is 0 Å². The normalized spacial score (nSPS) is 19.9. The number of rotatable bonds is 5. The molecule has 0 aromatic heterocycles. The minimum atomic E-state index is -0.0518. The highest BCUT2D eigenvalue weighted by Crippen LogP contribution is 2.21. The van der Waals surface area contributed by atoms with Crippen LogP contribution in [0, 0.1) is 5.92 Å². The first-order valence-corrected chi connectivity index (χ1v) is 6.70. The fourth-order valence-corrected chi connectivity index (χ4v) is 2.52. The molecule has 0 aliphatic carbocycles. The number of hydrogen-bond acceptors (Lipinski definition) is 3. The molecule has 0 radical (unpaired) electrons. The number of benzene rings is 1. The highest BCUT2D eigenvalue weighted by molar-refractivity contribution is 5.69. The molecule has 1 saturated heterocycles. The van der Waals surface area contributed by atoms with Crippen LogP contribution in [0.2, 0.25) is 0 Å². The molecule has 3 nitrogen and oxygen atoms in total. The first-order chi connectivity index (χ1) is 8.78. The van der Waals surface area contributed by atoms with E-state index in [4.69, 9.17) is 4.74 Å². The summed E-state index contributed by atoms with van der Waals surface area (Å²) < 4.78 is 5.00. The van der Waals surface area contributed by atoms with Gasteiger partial charge >= 0.3 is 5.97 Å². The van der Waals surface area contributed by atoms with Crippen molar-refractivity contribution in [3.05, 3.63) is 35.9 Å². The van der Waals surface area contributed by atoms with Crippen LogP contribution in [-0.4, -0.2) is 30.6 Å². The van der Waals surface area contributed by atoms with Crippen molar-refractivity contribution in [2.24, 2.45) is 5.92 Å². The molecule has 1 aromatic rings. The van der Waals surface area contributed by atoms with Crippen LogP contribution < -0.4 is 0 Å². The molecule has 18 heavy (non-hydrogen) atoms. The molecular formula is C15H21NO2. The quantitative estimate of drug-likeness (QED) is 0.749. The average Bonchev–Trinajstić information content (AvgIpc) is 2.78. The van der Waals surface area contributed by atoms with E-state index >= 15 is 0 Å². The average molecular weight is 247 g/mol. The molecule has 2 rings (SSSR count). The lowest BCUT2D eigenvalue weighted by Gasteiger charge is -2.15. The Morgan fingerprint density at radius 1 is 1.39 bits per heavy atom. The van der Waals surface area contributed by atoms with Crippen molar-refractivity contribution in [2.75, 3.05) is 19.7 Å². The van der Waals surface area contributed by atoms with Gasteiger partial charge in [0, 0.05) is 19.5 Å². The van der Waals surface area contributed by atoms with Gasteiger partial charge in [0.2, 0.25) is 0 Å². The SMILES string of the molecule is CCOC(=O)CC1CCN(Cc2ccccc2)C1. The Labute approximate surface area is 109 Å². The smallest absolute Gasteiger partial charge is 0.306 e. The van der Waals surface area contributed by atoms with Crippen molar-refractivity contribution in [2.45, 2.75) is 26.3 Å². The largest absolute Gasteiger partial charge is 0.466 e. The van der Waals surface area contributed by atoms with E-state index in [2.05, 4.69) is 29.2 Å². The van der Waals surface area contributed by atoms with Gasteiger partial charge in [0.05, 0.1) is 6.61 Å². The Bertz CT molecular complexity index is 377. The molecule has 98 valence electrons. The predicted octanol–water partition coefficient (Wildman–Crippen LogP) is 2.46. The summed E-state index contributed by atoms with van der Waals surface area (Å²) >= 11 is 0. The number of likely N-dealkylation sites (tertiary alicyclic amines) is 1. The van der Waals surface area contributed by atoms with Crippen LogP contribution >= 0.6 is 0 Å². The standard InChI is InChI=1S/C15H21NO2/c1-2-18-15(17)10-14-8-9-16(12-14)11-13-6-4-3-5-7-13/h3-7,14H,2,8-12H2,1H3. The second-order valence-corrected chi connectivity index (χ2v) is 4.88. The highest BCUT2D eigenvalue weighted by atomic mass is 16.5. The topological polar surface area (TPSA) is 29.5 Å². The number of ether oxygens (including phenoxy) is 1. The van der Waals surface area contributed by atoms with E-state index in [-0.39, 0.29) is 5.97 Å². The summed E-state index contributed by atoms with van der Waals surface area (Å²) in [4.78, 5) is 13.8. The van der Waals surface area contributed by atoms with Crippen LogP contribution in [0.4, 0.5) is 0 Å². The van der Waals surface area contributed by atoms with Gasteiger partial charge in [0.25, 0.3) is 0 Å². The maximum absolute atomic E-state index is 11.4. The van der Waals surface area contributed by atoms with E-state index in [1.807, 2.05) is 13.0 Å². The molecule has 1 fully saturated rings. The van der Waals surface area contributed by atoms with Crippen LogP contribution in [0.5, 0.6) is 0 Å². The Morgan fingerprint density at radius 3 is 2.89 bits per heavy atom. The number of esters is 1. The van der Waals surface area contributed by atoms with E-state index in [1.54, 1.807) is 0 Å². The van der Waals surface area contributed by atoms with Gasteiger partial charge in [0.15, 0.2) is 0 Å². The summed E-state index contributed by atoms with van der Waals surface area (Å²) in [5.41, 5.74) is 1.34. The summed E-state index contributed by atoms with van der Waals surface area (Å²) in [7, 11) is 0. The molecule has 0 bridgehead atoms. The van der Waals surface area contributed by atoms with Crippen molar-refractivity contribution in [1.82, 2.24) is 4.90 Å². The van der Waals surface area contributed by atoms with Crippen molar-refractivity contribution >= 4 is 5.97 Å². The van der Waals surface area contributed by atoms with Crippen LogP contribution in [0.3, 0.4) is 0 Å². The van der Waals surface area contributed by atoms with E-state index in [0.29, 0.717) is 18.9 Å². The van der Waals surface area contributed by atoms with Crippen LogP contribution in [0.25, 0.3) is 0 Å². The Morgan fingerprint density at radius 2 is 2.17 bits per heavy atom. The third-order valence-corrected chi connectivity index (χ3v) is 3.38. The monoisotopic (exact) mass is 247 g/mol. The zero-order chi connectivity index (χ0) is 12.8. The van der Waals surface area contributed by atoms with Gasteiger partial charge in [-0.15, -0.1) is 0 Å².